The number of benzene rings is 2. The van der Waals surface area contributed by atoms with E-state index in [1.54, 1.807) is 37.3 Å². The Labute approximate surface area is 202 Å². The van der Waals surface area contributed by atoms with Crippen molar-refractivity contribution in [2.75, 3.05) is 51.4 Å². The van der Waals surface area contributed by atoms with Gasteiger partial charge in [-0.1, -0.05) is 17.7 Å². The number of nitrogens with zero attached hydrogens (tertiary/aromatic N) is 2. The van der Waals surface area contributed by atoms with Crippen molar-refractivity contribution in [1.29, 1.82) is 0 Å². The molecule has 1 saturated heterocycles. The molecule has 1 heterocycles. The number of aryl methyl sites for hydroxylation is 3. The van der Waals surface area contributed by atoms with Crippen molar-refractivity contribution in [3.05, 3.63) is 47.0 Å². The molecular formula is C26H36N4O4. The number of likely N-dealkylation sites (tertiary alicyclic amines) is 1. The van der Waals surface area contributed by atoms with Crippen LogP contribution < -0.4 is 20.5 Å². The lowest BCUT2D eigenvalue weighted by molar-refractivity contribution is -0.135. The van der Waals surface area contributed by atoms with E-state index in [0.29, 0.717) is 23.7 Å². The number of nitrogens with two attached hydrogens (primary N) is 1. The van der Waals surface area contributed by atoms with Gasteiger partial charge in [0.1, 0.15) is 0 Å². The number of amides is 2. The van der Waals surface area contributed by atoms with Gasteiger partial charge in [0.05, 0.1) is 13.7 Å². The van der Waals surface area contributed by atoms with Gasteiger partial charge in [0.2, 0.25) is 5.91 Å². The molecule has 8 nitrogen and oxygen atoms in total. The Kier molecular flexibility index (Phi) is 8.39. The standard InChI is InChI=1S/C26H36N4O4/c1-17-12-18(2)26(19(3)13-17)28-24(31)15-30-10-8-21(9-11-30)29(4)25(32)16-34-23-14-20(27)6-7-22(23)33-5/h6-7,12-14,21H,8-11,15-16,27H2,1-5H3,(H,28,31). The fourth-order valence-corrected chi connectivity index (χ4v) is 4.48. The third kappa shape index (κ3) is 6.41. The normalized spacial score (nSPS) is 14.5. The van der Waals surface area contributed by atoms with E-state index in [9.17, 15) is 9.59 Å². The summed E-state index contributed by atoms with van der Waals surface area (Å²) in [4.78, 5) is 29.2. The van der Waals surface area contributed by atoms with Crippen LogP contribution in [0, 0.1) is 20.8 Å². The quantitative estimate of drug-likeness (QED) is 0.578. The van der Waals surface area contributed by atoms with Gasteiger partial charge in [-0.15, -0.1) is 0 Å². The number of carbonyl (C=O) groups excluding carboxylic acids is 2. The number of anilines is 2. The minimum absolute atomic E-state index is 0.0117. The lowest BCUT2D eigenvalue weighted by atomic mass is 10.0. The van der Waals surface area contributed by atoms with Crippen molar-refractivity contribution in [2.45, 2.75) is 39.7 Å². The Morgan fingerprint density at radius 3 is 2.35 bits per heavy atom. The SMILES string of the molecule is COc1ccc(N)cc1OCC(=O)N(C)C1CCN(CC(=O)Nc2c(C)cc(C)cc2C)CC1. The molecule has 1 fully saturated rings. The predicted octanol–water partition coefficient (Wildman–Crippen LogP) is 3.14. The van der Waals surface area contributed by atoms with E-state index < -0.39 is 0 Å². The van der Waals surface area contributed by atoms with Crippen LogP contribution in [0.2, 0.25) is 0 Å². The topological polar surface area (TPSA) is 97.1 Å². The molecule has 2 amide bonds. The molecule has 0 aromatic heterocycles. The summed E-state index contributed by atoms with van der Waals surface area (Å²) < 4.78 is 10.9. The zero-order valence-electron chi connectivity index (χ0n) is 20.8. The Morgan fingerprint density at radius 2 is 1.74 bits per heavy atom. The molecule has 0 spiro atoms. The van der Waals surface area contributed by atoms with E-state index in [-0.39, 0.29) is 24.5 Å². The summed E-state index contributed by atoms with van der Waals surface area (Å²) in [5, 5.41) is 3.07. The second-order valence-corrected chi connectivity index (χ2v) is 9.03. The first-order valence-corrected chi connectivity index (χ1v) is 11.6. The largest absolute Gasteiger partial charge is 0.493 e. The number of hydrogen-bond donors (Lipinski definition) is 2. The number of hydrogen-bond acceptors (Lipinski definition) is 6. The molecule has 0 atom stereocenters. The fraction of sp³-hybridized carbons (Fsp3) is 0.462. The molecule has 34 heavy (non-hydrogen) atoms. The first kappa shape index (κ1) is 25.4. The Morgan fingerprint density at radius 1 is 1.09 bits per heavy atom. The Hall–Kier alpha value is -3.26. The second kappa shape index (κ2) is 11.2. The highest BCUT2D eigenvalue weighted by atomic mass is 16.5. The number of carbonyl (C=O) groups is 2. The Balaban J connectivity index is 1.46. The van der Waals surface area contributed by atoms with Crippen molar-refractivity contribution in [2.24, 2.45) is 0 Å². The van der Waals surface area contributed by atoms with Gasteiger partial charge in [-0.05, 0) is 56.9 Å². The molecule has 3 rings (SSSR count). The molecule has 0 saturated carbocycles. The number of nitrogen functional groups attached to an aromatic ring is 1. The Bertz CT molecular complexity index is 1010. The lowest BCUT2D eigenvalue weighted by Gasteiger charge is -2.36. The van der Waals surface area contributed by atoms with Crippen molar-refractivity contribution >= 4 is 23.2 Å². The van der Waals surface area contributed by atoms with E-state index in [1.807, 2.05) is 13.8 Å². The highest BCUT2D eigenvalue weighted by Gasteiger charge is 2.26. The predicted molar refractivity (Wildman–Crippen MR) is 134 cm³/mol. The van der Waals surface area contributed by atoms with Crippen molar-refractivity contribution in [3.8, 4) is 11.5 Å². The van der Waals surface area contributed by atoms with Crippen LogP contribution in [0.25, 0.3) is 0 Å². The van der Waals surface area contributed by atoms with E-state index in [4.69, 9.17) is 15.2 Å². The number of rotatable bonds is 8. The summed E-state index contributed by atoms with van der Waals surface area (Å²) >= 11 is 0. The highest BCUT2D eigenvalue weighted by Crippen LogP contribution is 2.29. The molecule has 2 aromatic carbocycles. The molecular weight excluding hydrogens is 432 g/mol. The number of ether oxygens (including phenoxy) is 2. The highest BCUT2D eigenvalue weighted by molar-refractivity contribution is 5.93. The maximum atomic E-state index is 12.7. The van der Waals surface area contributed by atoms with Crippen LogP contribution in [-0.4, -0.2) is 68.1 Å². The van der Waals surface area contributed by atoms with Crippen molar-refractivity contribution in [3.63, 3.8) is 0 Å². The van der Waals surface area contributed by atoms with Crippen LogP contribution in [0.4, 0.5) is 11.4 Å². The zero-order valence-corrected chi connectivity index (χ0v) is 20.8. The number of piperidine rings is 1. The van der Waals surface area contributed by atoms with Gasteiger partial charge in [0.25, 0.3) is 5.91 Å². The average Bonchev–Trinajstić information content (AvgIpc) is 2.80. The van der Waals surface area contributed by atoms with E-state index in [0.717, 1.165) is 42.7 Å². The molecule has 184 valence electrons. The third-order valence-electron chi connectivity index (χ3n) is 6.35. The minimum Gasteiger partial charge on any atom is -0.493 e. The molecule has 3 N–H and O–H groups in total. The molecule has 1 aliphatic rings. The number of likely N-dealkylation sites (N-methyl/N-ethyl adjacent to an activating group) is 1. The first-order chi connectivity index (χ1) is 16.2. The third-order valence-corrected chi connectivity index (χ3v) is 6.35. The van der Waals surface area contributed by atoms with E-state index >= 15 is 0 Å². The van der Waals surface area contributed by atoms with Gasteiger partial charge in [0, 0.05) is 43.6 Å². The van der Waals surface area contributed by atoms with Crippen molar-refractivity contribution in [1.82, 2.24) is 9.80 Å². The van der Waals surface area contributed by atoms with Gasteiger partial charge >= 0.3 is 0 Å². The summed E-state index contributed by atoms with van der Waals surface area (Å²) in [6.45, 7) is 7.85. The molecule has 2 aromatic rings. The van der Waals surface area contributed by atoms with E-state index in [1.165, 1.54) is 5.56 Å². The summed E-state index contributed by atoms with van der Waals surface area (Å²) in [6.07, 6.45) is 1.61. The molecule has 0 unspecified atom stereocenters. The lowest BCUT2D eigenvalue weighted by Crippen LogP contribution is -2.48. The maximum Gasteiger partial charge on any atom is 0.260 e. The second-order valence-electron chi connectivity index (χ2n) is 9.03. The van der Waals surface area contributed by atoms with Crippen LogP contribution in [0.15, 0.2) is 30.3 Å². The fourth-order valence-electron chi connectivity index (χ4n) is 4.48. The van der Waals surface area contributed by atoms with Crippen molar-refractivity contribution < 1.29 is 19.1 Å². The van der Waals surface area contributed by atoms with E-state index in [2.05, 4.69) is 29.3 Å². The molecule has 8 heteroatoms. The van der Waals surface area contributed by atoms with Crippen LogP contribution >= 0.6 is 0 Å². The number of nitrogens with one attached hydrogen (secondary N) is 1. The summed E-state index contributed by atoms with van der Waals surface area (Å²) in [6, 6.07) is 9.35. The molecule has 1 aliphatic heterocycles. The van der Waals surface area contributed by atoms with Crippen LogP contribution in [0.5, 0.6) is 11.5 Å². The van der Waals surface area contributed by atoms with Gasteiger partial charge in [-0.2, -0.15) is 0 Å². The molecule has 0 aliphatic carbocycles. The van der Waals surface area contributed by atoms with Crippen LogP contribution in [0.1, 0.15) is 29.5 Å². The number of methoxy groups -OCH3 is 1. The summed E-state index contributed by atoms with van der Waals surface area (Å²) in [5.74, 6) is 0.866. The monoisotopic (exact) mass is 468 g/mol. The van der Waals surface area contributed by atoms with Crippen LogP contribution in [0.3, 0.4) is 0 Å². The average molecular weight is 469 g/mol. The van der Waals surface area contributed by atoms with Gasteiger partial charge in [-0.25, -0.2) is 0 Å². The smallest absolute Gasteiger partial charge is 0.260 e. The minimum atomic E-state index is -0.106. The molecule has 0 radical (unpaired) electrons. The van der Waals surface area contributed by atoms with Gasteiger partial charge in [0.15, 0.2) is 18.1 Å². The van der Waals surface area contributed by atoms with Crippen LogP contribution in [-0.2, 0) is 9.59 Å². The van der Waals surface area contributed by atoms with Gasteiger partial charge < -0.3 is 25.4 Å². The molecule has 0 bridgehead atoms. The maximum absolute atomic E-state index is 12.7. The first-order valence-electron chi connectivity index (χ1n) is 11.6. The zero-order chi connectivity index (χ0) is 24.8. The van der Waals surface area contributed by atoms with Gasteiger partial charge in [-0.3, -0.25) is 14.5 Å². The summed E-state index contributed by atoms with van der Waals surface area (Å²) in [7, 11) is 3.35. The summed E-state index contributed by atoms with van der Waals surface area (Å²) in [5.41, 5.74) is 10.6.